The van der Waals surface area contributed by atoms with E-state index >= 15 is 0 Å². The predicted octanol–water partition coefficient (Wildman–Crippen LogP) is 1.42. The maximum absolute atomic E-state index is 12.5. The normalized spacial score (nSPS) is 23.1. The molecular weight excluding hydrogens is 270 g/mol. The van der Waals surface area contributed by atoms with Crippen LogP contribution < -0.4 is 5.73 Å². The van der Waals surface area contributed by atoms with E-state index in [4.69, 9.17) is 15.7 Å². The lowest BCUT2D eigenvalue weighted by Crippen LogP contribution is -2.49. The second kappa shape index (κ2) is 6.13. The number of ether oxygens (including phenoxy) is 1. The average Bonchev–Trinajstić information content (AvgIpc) is 2.53. The summed E-state index contributed by atoms with van der Waals surface area (Å²) in [4.78, 5) is 14.3. The van der Waals surface area contributed by atoms with Crippen LogP contribution in [0.3, 0.4) is 0 Å². The van der Waals surface area contributed by atoms with Gasteiger partial charge in [0.2, 0.25) is 0 Å². The van der Waals surface area contributed by atoms with Gasteiger partial charge in [-0.3, -0.25) is 4.79 Å². The van der Waals surface area contributed by atoms with Crippen LogP contribution in [-0.2, 0) is 4.74 Å². The van der Waals surface area contributed by atoms with Crippen LogP contribution in [0.15, 0.2) is 29.4 Å². The van der Waals surface area contributed by atoms with Crippen molar-refractivity contribution in [1.82, 2.24) is 4.90 Å². The van der Waals surface area contributed by atoms with Crippen LogP contribution in [0, 0.1) is 0 Å². The number of likely N-dealkylation sites (tertiary alicyclic amines) is 1. The van der Waals surface area contributed by atoms with Crippen LogP contribution in [0.25, 0.3) is 0 Å². The van der Waals surface area contributed by atoms with Crippen LogP contribution in [0.1, 0.15) is 35.7 Å². The predicted molar refractivity (Wildman–Crippen MR) is 79.5 cm³/mol. The first kappa shape index (κ1) is 15.3. The molecule has 1 aromatic carbocycles. The first-order valence-electron chi connectivity index (χ1n) is 6.91. The summed E-state index contributed by atoms with van der Waals surface area (Å²) in [5, 5.41) is 11.6. The molecule has 0 radical (unpaired) electrons. The van der Waals surface area contributed by atoms with Crippen molar-refractivity contribution >= 4 is 11.7 Å². The SMILES string of the molecule is COC1(C)CCCN(C(=O)c2ccc(/C(N)=N/O)cc2)C1. The largest absolute Gasteiger partial charge is 0.409 e. The highest BCUT2D eigenvalue weighted by atomic mass is 16.5. The standard InChI is InChI=1S/C15H21N3O3/c1-15(21-2)8-3-9-18(10-15)14(19)12-6-4-11(5-7-12)13(16)17-20/h4-7,20H,3,8-10H2,1-2H3,(H2,16,17). The summed E-state index contributed by atoms with van der Waals surface area (Å²) < 4.78 is 5.51. The topological polar surface area (TPSA) is 88.2 Å². The highest BCUT2D eigenvalue weighted by Crippen LogP contribution is 2.25. The second-order valence-electron chi connectivity index (χ2n) is 5.55. The molecule has 6 nitrogen and oxygen atoms in total. The van der Waals surface area contributed by atoms with E-state index in [-0.39, 0.29) is 17.3 Å². The Morgan fingerprint density at radius 1 is 1.38 bits per heavy atom. The van der Waals surface area contributed by atoms with Gasteiger partial charge in [0.15, 0.2) is 5.84 Å². The van der Waals surface area contributed by atoms with Crippen LogP contribution in [0.5, 0.6) is 0 Å². The molecule has 1 saturated heterocycles. The lowest BCUT2D eigenvalue weighted by atomic mass is 9.94. The van der Waals surface area contributed by atoms with E-state index in [0.717, 1.165) is 19.4 Å². The van der Waals surface area contributed by atoms with Crippen molar-refractivity contribution in [3.05, 3.63) is 35.4 Å². The third-order valence-electron chi connectivity index (χ3n) is 3.97. The fourth-order valence-electron chi connectivity index (χ4n) is 2.57. The maximum atomic E-state index is 12.5. The zero-order valence-corrected chi connectivity index (χ0v) is 12.4. The van der Waals surface area contributed by atoms with Crippen molar-refractivity contribution < 1.29 is 14.7 Å². The van der Waals surface area contributed by atoms with Crippen molar-refractivity contribution in [2.24, 2.45) is 10.9 Å². The number of carbonyl (C=O) groups excluding carboxylic acids is 1. The highest BCUT2D eigenvalue weighted by molar-refractivity contribution is 5.99. The fraction of sp³-hybridized carbons (Fsp3) is 0.467. The lowest BCUT2D eigenvalue weighted by Gasteiger charge is -2.39. The molecule has 0 aliphatic carbocycles. The first-order chi connectivity index (χ1) is 9.99. The highest BCUT2D eigenvalue weighted by Gasteiger charge is 2.33. The quantitative estimate of drug-likeness (QED) is 0.381. The molecule has 6 heteroatoms. The van der Waals surface area contributed by atoms with Crippen molar-refractivity contribution in [2.75, 3.05) is 20.2 Å². The number of methoxy groups -OCH3 is 1. The molecule has 2 rings (SSSR count). The van der Waals surface area contributed by atoms with Crippen LogP contribution in [0.4, 0.5) is 0 Å². The smallest absolute Gasteiger partial charge is 0.253 e. The van der Waals surface area contributed by atoms with Gasteiger partial charge in [0.25, 0.3) is 5.91 Å². The molecule has 1 fully saturated rings. The number of rotatable bonds is 3. The summed E-state index contributed by atoms with van der Waals surface area (Å²) in [6.07, 6.45) is 1.88. The summed E-state index contributed by atoms with van der Waals surface area (Å²) in [5.41, 5.74) is 6.39. The molecule has 114 valence electrons. The monoisotopic (exact) mass is 291 g/mol. The number of nitrogens with zero attached hydrogens (tertiary/aromatic N) is 2. The molecule has 3 N–H and O–H groups in total. The van der Waals surface area contributed by atoms with Gasteiger partial charge in [-0.15, -0.1) is 0 Å². The number of amidine groups is 1. The van der Waals surface area contributed by atoms with Gasteiger partial charge in [-0.05, 0) is 31.9 Å². The summed E-state index contributed by atoms with van der Waals surface area (Å²) in [5.74, 6) is 0.00274. The number of benzene rings is 1. The minimum absolute atomic E-state index is 0.0240. The molecule has 1 unspecified atom stereocenters. The third-order valence-corrected chi connectivity index (χ3v) is 3.97. The Balaban J connectivity index is 2.13. The van der Waals surface area contributed by atoms with Gasteiger partial charge in [0.05, 0.1) is 5.60 Å². The molecule has 0 spiro atoms. The zero-order chi connectivity index (χ0) is 15.5. The fourth-order valence-corrected chi connectivity index (χ4v) is 2.57. The van der Waals surface area contributed by atoms with E-state index in [9.17, 15) is 4.79 Å². The number of nitrogens with two attached hydrogens (primary N) is 1. The van der Waals surface area contributed by atoms with E-state index in [0.29, 0.717) is 17.7 Å². The molecule has 0 saturated carbocycles. The summed E-state index contributed by atoms with van der Waals surface area (Å²) in [7, 11) is 1.68. The number of oxime groups is 1. The number of amides is 1. The first-order valence-corrected chi connectivity index (χ1v) is 6.91. The third kappa shape index (κ3) is 3.33. The second-order valence-corrected chi connectivity index (χ2v) is 5.55. The molecule has 1 heterocycles. The molecule has 1 aliphatic heterocycles. The summed E-state index contributed by atoms with van der Waals surface area (Å²) in [6.45, 7) is 3.35. The average molecular weight is 291 g/mol. The summed E-state index contributed by atoms with van der Waals surface area (Å²) >= 11 is 0. The van der Waals surface area contributed by atoms with E-state index in [1.165, 1.54) is 0 Å². The molecule has 1 amide bonds. The number of hydrogen-bond acceptors (Lipinski definition) is 4. The summed E-state index contributed by atoms with van der Waals surface area (Å²) in [6, 6.07) is 6.71. The Morgan fingerprint density at radius 3 is 2.57 bits per heavy atom. The Kier molecular flexibility index (Phi) is 4.47. The van der Waals surface area contributed by atoms with Crippen LogP contribution >= 0.6 is 0 Å². The van der Waals surface area contributed by atoms with Crippen LogP contribution in [0.2, 0.25) is 0 Å². The Morgan fingerprint density at radius 2 is 2.00 bits per heavy atom. The molecular formula is C15H21N3O3. The van der Waals surface area contributed by atoms with Gasteiger partial charge < -0.3 is 20.6 Å². The molecule has 1 aliphatic rings. The van der Waals surface area contributed by atoms with Crippen molar-refractivity contribution in [1.29, 1.82) is 0 Å². The molecule has 0 aromatic heterocycles. The Labute approximate surface area is 124 Å². The van der Waals surface area contributed by atoms with Gasteiger partial charge >= 0.3 is 0 Å². The van der Waals surface area contributed by atoms with Crippen molar-refractivity contribution in [3.8, 4) is 0 Å². The Bertz CT molecular complexity index is 542. The maximum Gasteiger partial charge on any atom is 0.253 e. The van der Waals surface area contributed by atoms with Gasteiger partial charge in [0, 0.05) is 31.3 Å². The van der Waals surface area contributed by atoms with Gasteiger partial charge in [0.1, 0.15) is 0 Å². The van der Waals surface area contributed by atoms with E-state index in [2.05, 4.69) is 5.16 Å². The van der Waals surface area contributed by atoms with Crippen molar-refractivity contribution in [2.45, 2.75) is 25.4 Å². The molecule has 0 bridgehead atoms. The number of carbonyl (C=O) groups is 1. The molecule has 1 aromatic rings. The van der Waals surface area contributed by atoms with Gasteiger partial charge in [-0.2, -0.15) is 0 Å². The van der Waals surface area contributed by atoms with Gasteiger partial charge in [-0.1, -0.05) is 17.3 Å². The minimum atomic E-state index is -0.276. The Hall–Kier alpha value is -2.08. The lowest BCUT2D eigenvalue weighted by molar-refractivity contribution is -0.0440. The van der Waals surface area contributed by atoms with Crippen molar-refractivity contribution in [3.63, 3.8) is 0 Å². The van der Waals surface area contributed by atoms with E-state index in [1.807, 2.05) is 11.8 Å². The number of piperidine rings is 1. The van der Waals surface area contributed by atoms with Gasteiger partial charge in [-0.25, -0.2) is 0 Å². The number of hydrogen-bond donors (Lipinski definition) is 2. The minimum Gasteiger partial charge on any atom is -0.409 e. The van der Waals surface area contributed by atoms with Crippen LogP contribution in [-0.4, -0.2) is 47.7 Å². The molecule has 1 atom stereocenters. The van der Waals surface area contributed by atoms with E-state index < -0.39 is 0 Å². The van der Waals surface area contributed by atoms with E-state index in [1.54, 1.807) is 31.4 Å². The zero-order valence-electron chi connectivity index (χ0n) is 12.4. The molecule has 21 heavy (non-hydrogen) atoms.